The van der Waals surface area contributed by atoms with Crippen LogP contribution in [0.5, 0.6) is 5.75 Å². The van der Waals surface area contributed by atoms with E-state index in [0.29, 0.717) is 21.6 Å². The summed E-state index contributed by atoms with van der Waals surface area (Å²) in [6.45, 7) is 0. The number of para-hydroxylation sites is 2. The number of hydrazine groups is 1. The van der Waals surface area contributed by atoms with Crippen LogP contribution in [-0.2, 0) is 4.79 Å². The van der Waals surface area contributed by atoms with Gasteiger partial charge in [-0.3, -0.25) is 10.2 Å². The third-order valence-electron chi connectivity index (χ3n) is 3.62. The number of carbonyl (C=O) groups excluding carboxylic acids is 1. The van der Waals surface area contributed by atoms with Crippen LogP contribution in [0.4, 0.5) is 5.69 Å². The SMILES string of the molecule is COc1ccccc1NC(=S)NN1C(=O)CS[C@@H]1c1ccccc1Cl. The van der Waals surface area contributed by atoms with E-state index >= 15 is 0 Å². The Labute approximate surface area is 160 Å². The van der Waals surface area contributed by atoms with Crippen LogP contribution in [0.2, 0.25) is 5.02 Å². The summed E-state index contributed by atoms with van der Waals surface area (Å²) < 4.78 is 5.29. The fourth-order valence-electron chi connectivity index (χ4n) is 2.46. The molecule has 0 bridgehead atoms. The first-order chi connectivity index (χ1) is 12.1. The average Bonchev–Trinajstić information content (AvgIpc) is 2.96. The Morgan fingerprint density at radius 2 is 2.00 bits per heavy atom. The van der Waals surface area contributed by atoms with Crippen molar-refractivity contribution >= 4 is 52.3 Å². The number of carbonyl (C=O) groups is 1. The molecule has 8 heteroatoms. The number of anilines is 1. The van der Waals surface area contributed by atoms with Crippen LogP contribution in [0.25, 0.3) is 0 Å². The van der Waals surface area contributed by atoms with Gasteiger partial charge >= 0.3 is 0 Å². The molecular formula is C17H16ClN3O2S2. The van der Waals surface area contributed by atoms with Crippen molar-refractivity contribution in [2.75, 3.05) is 18.2 Å². The van der Waals surface area contributed by atoms with Crippen LogP contribution in [0.1, 0.15) is 10.9 Å². The van der Waals surface area contributed by atoms with Crippen molar-refractivity contribution < 1.29 is 9.53 Å². The molecule has 2 aromatic carbocycles. The van der Waals surface area contributed by atoms with Crippen molar-refractivity contribution in [3.8, 4) is 5.75 Å². The Hall–Kier alpha value is -1.96. The lowest BCUT2D eigenvalue weighted by molar-refractivity contribution is -0.129. The first-order valence-electron chi connectivity index (χ1n) is 7.49. The van der Waals surface area contributed by atoms with E-state index in [1.54, 1.807) is 7.11 Å². The van der Waals surface area contributed by atoms with E-state index in [2.05, 4.69) is 10.7 Å². The fourth-order valence-corrected chi connectivity index (χ4v) is 4.11. The van der Waals surface area contributed by atoms with Gasteiger partial charge in [-0.05, 0) is 30.4 Å². The number of hydrogen-bond acceptors (Lipinski definition) is 4. The zero-order chi connectivity index (χ0) is 17.8. The Kier molecular flexibility index (Phi) is 5.67. The molecule has 0 spiro atoms. The van der Waals surface area contributed by atoms with Gasteiger partial charge in [0.1, 0.15) is 11.1 Å². The van der Waals surface area contributed by atoms with Crippen LogP contribution in [0, 0.1) is 0 Å². The summed E-state index contributed by atoms with van der Waals surface area (Å²) in [6, 6.07) is 14.9. The smallest absolute Gasteiger partial charge is 0.252 e. The monoisotopic (exact) mass is 393 g/mol. The highest BCUT2D eigenvalue weighted by Gasteiger charge is 2.34. The van der Waals surface area contributed by atoms with Crippen molar-refractivity contribution in [2.24, 2.45) is 0 Å². The van der Waals surface area contributed by atoms with Crippen LogP contribution in [0.15, 0.2) is 48.5 Å². The first-order valence-corrected chi connectivity index (χ1v) is 9.32. The number of thioether (sulfide) groups is 1. The number of rotatable bonds is 4. The highest BCUT2D eigenvalue weighted by Crippen LogP contribution is 2.40. The molecule has 0 aromatic heterocycles. The molecule has 25 heavy (non-hydrogen) atoms. The third kappa shape index (κ3) is 4.00. The number of nitrogens with one attached hydrogen (secondary N) is 2. The van der Waals surface area contributed by atoms with E-state index in [9.17, 15) is 4.79 Å². The van der Waals surface area contributed by atoms with E-state index in [0.717, 1.165) is 11.3 Å². The summed E-state index contributed by atoms with van der Waals surface area (Å²) in [5, 5.41) is 5.25. The van der Waals surface area contributed by atoms with Gasteiger partial charge in [0.2, 0.25) is 0 Å². The van der Waals surface area contributed by atoms with E-state index in [-0.39, 0.29) is 11.3 Å². The van der Waals surface area contributed by atoms with Crippen LogP contribution in [-0.4, -0.2) is 28.9 Å². The minimum absolute atomic E-state index is 0.0564. The zero-order valence-electron chi connectivity index (χ0n) is 13.4. The molecule has 2 aromatic rings. The molecular weight excluding hydrogens is 378 g/mol. The quantitative estimate of drug-likeness (QED) is 0.770. The van der Waals surface area contributed by atoms with Gasteiger partial charge in [-0.25, -0.2) is 5.01 Å². The molecule has 0 aliphatic carbocycles. The molecule has 1 atom stereocenters. The van der Waals surface area contributed by atoms with Gasteiger partial charge in [0, 0.05) is 10.6 Å². The summed E-state index contributed by atoms with van der Waals surface area (Å²) in [4.78, 5) is 12.3. The molecule has 0 radical (unpaired) electrons. The maximum Gasteiger partial charge on any atom is 0.252 e. The van der Waals surface area contributed by atoms with Gasteiger partial charge in [-0.15, -0.1) is 11.8 Å². The lowest BCUT2D eigenvalue weighted by Crippen LogP contribution is -2.46. The van der Waals surface area contributed by atoms with Crippen molar-refractivity contribution in [1.29, 1.82) is 0 Å². The average molecular weight is 394 g/mol. The molecule has 1 fully saturated rings. The maximum atomic E-state index is 12.3. The van der Waals surface area contributed by atoms with Gasteiger partial charge in [-0.2, -0.15) is 0 Å². The number of benzene rings is 2. The molecule has 1 amide bonds. The molecule has 1 heterocycles. The molecule has 5 nitrogen and oxygen atoms in total. The number of methoxy groups -OCH3 is 1. The fraction of sp³-hybridized carbons (Fsp3) is 0.176. The summed E-state index contributed by atoms with van der Waals surface area (Å²) in [7, 11) is 1.59. The maximum absolute atomic E-state index is 12.3. The van der Waals surface area contributed by atoms with Gasteiger partial charge in [0.15, 0.2) is 5.11 Å². The van der Waals surface area contributed by atoms with E-state index in [1.165, 1.54) is 16.8 Å². The number of halogens is 1. The highest BCUT2D eigenvalue weighted by molar-refractivity contribution is 8.00. The number of ether oxygens (including phenoxy) is 1. The number of thiocarbonyl (C=S) groups is 1. The minimum atomic E-state index is -0.237. The minimum Gasteiger partial charge on any atom is -0.495 e. The second-order valence-corrected chi connectivity index (χ2v) is 7.10. The van der Waals surface area contributed by atoms with Gasteiger partial charge in [0.05, 0.1) is 18.6 Å². The predicted octanol–water partition coefficient (Wildman–Crippen LogP) is 3.82. The summed E-state index contributed by atoms with van der Waals surface area (Å²) in [5.74, 6) is 0.968. The summed E-state index contributed by atoms with van der Waals surface area (Å²) in [6.07, 6.45) is 0. The van der Waals surface area contributed by atoms with Crippen molar-refractivity contribution in [2.45, 2.75) is 5.37 Å². The number of nitrogens with zero attached hydrogens (tertiary/aromatic N) is 1. The molecule has 3 rings (SSSR count). The van der Waals surface area contributed by atoms with Crippen molar-refractivity contribution in [3.05, 3.63) is 59.1 Å². The Bertz CT molecular complexity index is 803. The topological polar surface area (TPSA) is 53.6 Å². The van der Waals surface area contributed by atoms with Crippen molar-refractivity contribution in [3.63, 3.8) is 0 Å². The van der Waals surface area contributed by atoms with E-state index in [1.807, 2.05) is 48.5 Å². The molecule has 2 N–H and O–H groups in total. The number of amides is 1. The standard InChI is InChI=1S/C17H16ClN3O2S2/c1-23-14-9-5-4-8-13(14)19-17(24)20-21-15(22)10-25-16(21)11-6-2-3-7-12(11)18/h2-9,16H,10H2,1H3,(H2,19,20,24)/t16-/m1/s1. The Morgan fingerprint density at radius 3 is 2.76 bits per heavy atom. The first kappa shape index (κ1) is 17.8. The summed E-state index contributed by atoms with van der Waals surface area (Å²) >= 11 is 13.1. The molecule has 0 saturated carbocycles. The number of hydrogen-bond donors (Lipinski definition) is 2. The lowest BCUT2D eigenvalue weighted by Gasteiger charge is -2.26. The third-order valence-corrected chi connectivity index (χ3v) is 5.35. The highest BCUT2D eigenvalue weighted by atomic mass is 35.5. The molecule has 1 saturated heterocycles. The second kappa shape index (κ2) is 7.95. The van der Waals surface area contributed by atoms with Crippen LogP contribution < -0.4 is 15.5 Å². The Balaban J connectivity index is 1.75. The normalized spacial score (nSPS) is 16.6. The van der Waals surface area contributed by atoms with Crippen LogP contribution >= 0.6 is 35.6 Å². The summed E-state index contributed by atoms with van der Waals surface area (Å²) in [5.41, 5.74) is 4.56. The van der Waals surface area contributed by atoms with Gasteiger partial charge in [0.25, 0.3) is 5.91 Å². The van der Waals surface area contributed by atoms with Gasteiger partial charge in [-0.1, -0.05) is 41.9 Å². The molecule has 1 aliphatic rings. The zero-order valence-corrected chi connectivity index (χ0v) is 15.8. The van der Waals surface area contributed by atoms with Crippen LogP contribution in [0.3, 0.4) is 0 Å². The molecule has 1 aliphatic heterocycles. The van der Waals surface area contributed by atoms with Gasteiger partial charge < -0.3 is 10.1 Å². The largest absolute Gasteiger partial charge is 0.495 e. The second-order valence-electron chi connectivity index (χ2n) is 5.21. The van der Waals surface area contributed by atoms with E-state index < -0.39 is 0 Å². The van der Waals surface area contributed by atoms with Crippen molar-refractivity contribution in [1.82, 2.24) is 10.4 Å². The molecule has 130 valence electrons. The lowest BCUT2D eigenvalue weighted by atomic mass is 10.2. The Morgan fingerprint density at radius 1 is 1.28 bits per heavy atom. The molecule has 0 unspecified atom stereocenters. The predicted molar refractivity (Wildman–Crippen MR) is 106 cm³/mol. The van der Waals surface area contributed by atoms with E-state index in [4.69, 9.17) is 28.6 Å².